The fraction of sp³-hybridized carbons (Fsp3) is 0.294. The van der Waals surface area contributed by atoms with E-state index in [1.54, 1.807) is 11.1 Å². The van der Waals surface area contributed by atoms with Gasteiger partial charge in [-0.1, -0.05) is 17.7 Å². The van der Waals surface area contributed by atoms with Crippen molar-refractivity contribution in [3.63, 3.8) is 0 Å². The predicted octanol–water partition coefficient (Wildman–Crippen LogP) is 3.27. The van der Waals surface area contributed by atoms with E-state index in [1.807, 2.05) is 43.3 Å². The quantitative estimate of drug-likeness (QED) is 0.925. The minimum Gasteiger partial charge on any atom is -0.353 e. The van der Waals surface area contributed by atoms with Crippen LogP contribution in [0.3, 0.4) is 0 Å². The molecule has 3 rings (SSSR count). The number of nitrogens with zero attached hydrogens (tertiary/aromatic N) is 3. The molecule has 5 nitrogen and oxygen atoms in total. The van der Waals surface area contributed by atoms with Gasteiger partial charge in [0.2, 0.25) is 0 Å². The lowest BCUT2D eigenvalue weighted by Gasteiger charge is -2.35. The molecule has 0 fully saturated rings. The van der Waals surface area contributed by atoms with E-state index in [1.165, 1.54) is 5.56 Å². The first-order valence-electron chi connectivity index (χ1n) is 7.54. The molecule has 0 aliphatic carbocycles. The molecule has 2 aromatic rings. The topological polar surface area (TPSA) is 48.5 Å². The highest BCUT2D eigenvalue weighted by atomic mass is 16.2. The van der Waals surface area contributed by atoms with Crippen molar-refractivity contribution in [1.82, 2.24) is 4.98 Å². The number of anilines is 3. The Morgan fingerprint density at radius 2 is 2.00 bits per heavy atom. The van der Waals surface area contributed by atoms with Crippen LogP contribution in [-0.2, 0) is 0 Å². The first-order chi connectivity index (χ1) is 10.7. The molecule has 0 bridgehead atoms. The van der Waals surface area contributed by atoms with Crippen LogP contribution in [0.1, 0.15) is 12.5 Å². The van der Waals surface area contributed by atoms with Crippen LogP contribution in [0.5, 0.6) is 0 Å². The SMILES string of the molecule is CCN1CCN(C(=O)Nc2ccc(C)cc2)c2cccnc21. The van der Waals surface area contributed by atoms with Crippen molar-refractivity contribution < 1.29 is 4.79 Å². The van der Waals surface area contributed by atoms with Crippen molar-refractivity contribution in [1.29, 1.82) is 0 Å². The van der Waals surface area contributed by atoms with Gasteiger partial charge in [0.1, 0.15) is 0 Å². The third-order valence-corrected chi connectivity index (χ3v) is 3.88. The Kier molecular flexibility index (Phi) is 3.96. The minimum absolute atomic E-state index is 0.117. The van der Waals surface area contributed by atoms with E-state index in [0.717, 1.165) is 30.3 Å². The van der Waals surface area contributed by atoms with Gasteiger partial charge in [-0.25, -0.2) is 9.78 Å². The highest BCUT2D eigenvalue weighted by Crippen LogP contribution is 2.30. The van der Waals surface area contributed by atoms with E-state index in [2.05, 4.69) is 22.1 Å². The Morgan fingerprint density at radius 1 is 1.23 bits per heavy atom. The summed E-state index contributed by atoms with van der Waals surface area (Å²) >= 11 is 0. The standard InChI is InChI=1S/C17H20N4O/c1-3-20-11-12-21(15-5-4-10-18-16(15)20)17(22)19-14-8-6-13(2)7-9-14/h4-10H,3,11-12H2,1-2H3,(H,19,22). The molecule has 5 heteroatoms. The highest BCUT2D eigenvalue weighted by molar-refractivity contribution is 6.04. The Bertz CT molecular complexity index is 669. The third kappa shape index (κ3) is 2.74. The first-order valence-corrected chi connectivity index (χ1v) is 7.54. The predicted molar refractivity (Wildman–Crippen MR) is 89.7 cm³/mol. The Morgan fingerprint density at radius 3 is 2.73 bits per heavy atom. The number of likely N-dealkylation sites (N-methyl/N-ethyl adjacent to an activating group) is 1. The smallest absolute Gasteiger partial charge is 0.326 e. The summed E-state index contributed by atoms with van der Waals surface area (Å²) in [5, 5.41) is 2.95. The van der Waals surface area contributed by atoms with Crippen molar-refractivity contribution in [2.75, 3.05) is 34.8 Å². The summed E-state index contributed by atoms with van der Waals surface area (Å²) in [6.45, 7) is 6.46. The number of nitrogens with one attached hydrogen (secondary N) is 1. The molecule has 1 aromatic carbocycles. The lowest BCUT2D eigenvalue weighted by Crippen LogP contribution is -2.46. The molecule has 1 aliphatic heterocycles. The van der Waals surface area contributed by atoms with Crippen LogP contribution in [0, 0.1) is 6.92 Å². The number of hydrogen-bond acceptors (Lipinski definition) is 3. The van der Waals surface area contributed by atoms with Gasteiger partial charge >= 0.3 is 6.03 Å². The molecule has 0 spiro atoms. The van der Waals surface area contributed by atoms with Gasteiger partial charge in [-0.3, -0.25) is 4.90 Å². The van der Waals surface area contributed by atoms with Crippen molar-refractivity contribution >= 4 is 23.2 Å². The van der Waals surface area contributed by atoms with Gasteiger partial charge < -0.3 is 10.2 Å². The molecule has 0 unspecified atom stereocenters. The number of carbonyl (C=O) groups is 1. The van der Waals surface area contributed by atoms with Gasteiger partial charge in [-0.05, 0) is 38.1 Å². The Balaban J connectivity index is 1.82. The third-order valence-electron chi connectivity index (χ3n) is 3.88. The minimum atomic E-state index is -0.117. The molecule has 0 radical (unpaired) electrons. The summed E-state index contributed by atoms with van der Waals surface area (Å²) in [4.78, 5) is 20.9. The van der Waals surface area contributed by atoms with E-state index in [-0.39, 0.29) is 6.03 Å². The molecule has 1 N–H and O–H groups in total. The largest absolute Gasteiger partial charge is 0.353 e. The Labute approximate surface area is 130 Å². The van der Waals surface area contributed by atoms with E-state index in [4.69, 9.17) is 0 Å². The molecule has 0 saturated carbocycles. The van der Waals surface area contributed by atoms with Crippen LogP contribution in [-0.4, -0.2) is 30.6 Å². The number of pyridine rings is 1. The maximum atomic E-state index is 12.6. The summed E-state index contributed by atoms with van der Waals surface area (Å²) in [7, 11) is 0. The van der Waals surface area contributed by atoms with Crippen LogP contribution in [0.2, 0.25) is 0 Å². The maximum absolute atomic E-state index is 12.6. The number of amides is 2. The molecule has 2 heterocycles. The van der Waals surface area contributed by atoms with Gasteiger partial charge in [0.05, 0.1) is 5.69 Å². The molecule has 1 aliphatic rings. The van der Waals surface area contributed by atoms with E-state index < -0.39 is 0 Å². The summed E-state index contributed by atoms with van der Waals surface area (Å²) in [6.07, 6.45) is 1.77. The van der Waals surface area contributed by atoms with Crippen LogP contribution in [0.25, 0.3) is 0 Å². The van der Waals surface area contributed by atoms with Crippen LogP contribution in [0.4, 0.5) is 22.0 Å². The summed E-state index contributed by atoms with van der Waals surface area (Å²) in [6, 6.07) is 11.5. The van der Waals surface area contributed by atoms with Crippen LogP contribution in [0.15, 0.2) is 42.6 Å². The second-order valence-corrected chi connectivity index (χ2v) is 5.37. The van der Waals surface area contributed by atoms with Gasteiger partial charge in [0.15, 0.2) is 5.82 Å². The molecular formula is C17H20N4O. The lowest BCUT2D eigenvalue weighted by molar-refractivity contribution is 0.256. The fourth-order valence-corrected chi connectivity index (χ4v) is 2.64. The van der Waals surface area contributed by atoms with Gasteiger partial charge in [0.25, 0.3) is 0 Å². The fourth-order valence-electron chi connectivity index (χ4n) is 2.64. The molecule has 2 amide bonds. The molecular weight excluding hydrogens is 276 g/mol. The van der Waals surface area contributed by atoms with Gasteiger partial charge in [0, 0.05) is 31.5 Å². The monoisotopic (exact) mass is 296 g/mol. The zero-order valence-corrected chi connectivity index (χ0v) is 12.9. The number of fused-ring (bicyclic) bond motifs is 1. The molecule has 114 valence electrons. The highest BCUT2D eigenvalue weighted by Gasteiger charge is 2.26. The van der Waals surface area contributed by atoms with Crippen LogP contribution >= 0.6 is 0 Å². The van der Waals surface area contributed by atoms with Gasteiger partial charge in [-0.2, -0.15) is 0 Å². The average molecular weight is 296 g/mol. The molecule has 22 heavy (non-hydrogen) atoms. The van der Waals surface area contributed by atoms with Crippen molar-refractivity contribution in [3.05, 3.63) is 48.2 Å². The number of aryl methyl sites for hydroxylation is 1. The second kappa shape index (κ2) is 6.05. The lowest BCUT2D eigenvalue weighted by atomic mass is 10.2. The van der Waals surface area contributed by atoms with E-state index in [9.17, 15) is 4.79 Å². The van der Waals surface area contributed by atoms with E-state index in [0.29, 0.717) is 6.54 Å². The van der Waals surface area contributed by atoms with Crippen molar-refractivity contribution in [2.45, 2.75) is 13.8 Å². The van der Waals surface area contributed by atoms with Crippen LogP contribution < -0.4 is 15.1 Å². The summed E-state index contributed by atoms with van der Waals surface area (Å²) in [5.74, 6) is 0.871. The number of benzene rings is 1. The summed E-state index contributed by atoms with van der Waals surface area (Å²) in [5.41, 5.74) is 2.84. The zero-order chi connectivity index (χ0) is 15.5. The normalized spacial score (nSPS) is 13.7. The second-order valence-electron chi connectivity index (χ2n) is 5.37. The number of urea groups is 1. The average Bonchev–Trinajstić information content (AvgIpc) is 2.56. The number of rotatable bonds is 2. The number of hydrogen-bond donors (Lipinski definition) is 1. The molecule has 1 aromatic heterocycles. The molecule has 0 saturated heterocycles. The van der Waals surface area contributed by atoms with Crippen molar-refractivity contribution in [2.24, 2.45) is 0 Å². The number of aromatic nitrogens is 1. The van der Waals surface area contributed by atoms with Crippen molar-refractivity contribution in [3.8, 4) is 0 Å². The zero-order valence-electron chi connectivity index (χ0n) is 12.9. The first kappa shape index (κ1) is 14.4. The molecule has 0 atom stereocenters. The maximum Gasteiger partial charge on any atom is 0.326 e. The van der Waals surface area contributed by atoms with E-state index >= 15 is 0 Å². The van der Waals surface area contributed by atoms with Gasteiger partial charge in [-0.15, -0.1) is 0 Å². The Hall–Kier alpha value is -2.56. The summed E-state index contributed by atoms with van der Waals surface area (Å²) < 4.78 is 0. The number of carbonyl (C=O) groups excluding carboxylic acids is 1.